The summed E-state index contributed by atoms with van der Waals surface area (Å²) in [6.07, 6.45) is 3.45. The molecule has 0 fully saturated rings. The fourth-order valence-electron chi connectivity index (χ4n) is 1.79. The average molecular weight is 369 g/mol. The smallest absolute Gasteiger partial charge is 0.258 e. The summed E-state index contributed by atoms with van der Waals surface area (Å²) in [5.41, 5.74) is 2.47. The van der Waals surface area contributed by atoms with Crippen molar-refractivity contribution in [2.24, 2.45) is 0 Å². The van der Waals surface area contributed by atoms with Crippen molar-refractivity contribution in [2.75, 3.05) is 5.32 Å². The minimum atomic E-state index is -0.879. The monoisotopic (exact) mass is 367 g/mol. The minimum absolute atomic E-state index is 0.173. The van der Waals surface area contributed by atoms with Crippen molar-refractivity contribution in [3.63, 3.8) is 0 Å². The number of pyridine rings is 2. The van der Waals surface area contributed by atoms with Gasteiger partial charge >= 0.3 is 0 Å². The fourth-order valence-corrected chi connectivity index (χ4v) is 2.63. The van der Waals surface area contributed by atoms with Crippen molar-refractivity contribution in [1.82, 2.24) is 9.97 Å². The van der Waals surface area contributed by atoms with Gasteiger partial charge in [-0.2, -0.15) is 0 Å². The molecule has 18 heavy (non-hydrogen) atoms. The Morgan fingerprint density at radius 2 is 2.06 bits per heavy atom. The van der Waals surface area contributed by atoms with Gasteiger partial charge in [0.2, 0.25) is 0 Å². The Morgan fingerprint density at radius 3 is 2.78 bits per heavy atom. The minimum Gasteiger partial charge on any atom is -0.308 e. The van der Waals surface area contributed by atoms with Crippen molar-refractivity contribution in [2.45, 2.75) is 3.23 Å². The lowest BCUT2D eigenvalue weighted by molar-refractivity contribution is -0.115. The standard InChI is InChI=1S/C12H7Br2N3O/c13-12(14)8-3-4-9(7-2-1-5-15-6-7)16-10(8)17-11(12)18/h1-6H,(H,16,17,18). The highest BCUT2D eigenvalue weighted by atomic mass is 79.9. The van der Waals surface area contributed by atoms with Gasteiger partial charge in [-0.3, -0.25) is 9.78 Å². The second-order valence-corrected chi connectivity index (χ2v) is 7.31. The van der Waals surface area contributed by atoms with Gasteiger partial charge in [-0.05, 0) is 18.2 Å². The molecule has 0 spiro atoms. The molecule has 4 nitrogen and oxygen atoms in total. The fraction of sp³-hybridized carbons (Fsp3) is 0.0833. The van der Waals surface area contributed by atoms with Gasteiger partial charge in [0.25, 0.3) is 5.91 Å². The van der Waals surface area contributed by atoms with E-state index in [1.165, 1.54) is 0 Å². The number of fused-ring (bicyclic) bond motifs is 1. The van der Waals surface area contributed by atoms with E-state index in [2.05, 4.69) is 47.1 Å². The van der Waals surface area contributed by atoms with Crippen LogP contribution in [-0.2, 0) is 8.03 Å². The van der Waals surface area contributed by atoms with Gasteiger partial charge in [-0.25, -0.2) is 4.98 Å². The first kappa shape index (κ1) is 11.8. The molecule has 1 N–H and O–H groups in total. The maximum atomic E-state index is 11.7. The second kappa shape index (κ2) is 4.13. The van der Waals surface area contributed by atoms with Crippen LogP contribution in [0.15, 0.2) is 36.7 Å². The molecule has 0 atom stereocenters. The normalized spacial score (nSPS) is 16.2. The van der Waals surface area contributed by atoms with E-state index < -0.39 is 3.23 Å². The topological polar surface area (TPSA) is 54.9 Å². The average Bonchev–Trinajstić information content (AvgIpc) is 2.61. The first-order valence-electron chi connectivity index (χ1n) is 5.20. The van der Waals surface area contributed by atoms with E-state index in [1.807, 2.05) is 24.3 Å². The molecular weight excluding hydrogens is 362 g/mol. The van der Waals surface area contributed by atoms with Crippen molar-refractivity contribution >= 4 is 43.6 Å². The summed E-state index contributed by atoms with van der Waals surface area (Å²) in [6.45, 7) is 0. The number of anilines is 1. The van der Waals surface area contributed by atoms with Crippen LogP contribution >= 0.6 is 31.9 Å². The first-order chi connectivity index (χ1) is 8.59. The van der Waals surface area contributed by atoms with Crippen molar-refractivity contribution < 1.29 is 4.79 Å². The van der Waals surface area contributed by atoms with Crippen LogP contribution in [-0.4, -0.2) is 15.9 Å². The van der Waals surface area contributed by atoms with E-state index in [9.17, 15) is 4.79 Å². The number of carbonyl (C=O) groups is 1. The van der Waals surface area contributed by atoms with Crippen LogP contribution in [0.4, 0.5) is 5.82 Å². The molecule has 0 saturated carbocycles. The first-order valence-corrected chi connectivity index (χ1v) is 6.79. The van der Waals surface area contributed by atoms with Crippen LogP contribution in [0.5, 0.6) is 0 Å². The van der Waals surface area contributed by atoms with Crippen LogP contribution in [0.3, 0.4) is 0 Å². The molecule has 2 aromatic heterocycles. The van der Waals surface area contributed by atoms with E-state index in [0.29, 0.717) is 5.82 Å². The highest BCUT2D eigenvalue weighted by Gasteiger charge is 2.43. The summed E-state index contributed by atoms with van der Waals surface area (Å²) in [7, 11) is 0. The largest absolute Gasteiger partial charge is 0.308 e. The molecular formula is C12H7Br2N3O. The molecule has 0 saturated heterocycles. The van der Waals surface area contributed by atoms with Crippen molar-refractivity contribution in [3.05, 3.63) is 42.2 Å². The predicted octanol–water partition coefficient (Wildman–Crippen LogP) is 3.04. The second-order valence-electron chi connectivity index (χ2n) is 3.86. The molecule has 90 valence electrons. The molecule has 3 rings (SSSR count). The van der Waals surface area contributed by atoms with Gasteiger partial charge < -0.3 is 5.32 Å². The van der Waals surface area contributed by atoms with E-state index in [-0.39, 0.29) is 5.91 Å². The number of carbonyl (C=O) groups excluding carboxylic acids is 1. The lowest BCUT2D eigenvalue weighted by atomic mass is 10.1. The SMILES string of the molecule is O=C1Nc2nc(-c3cccnc3)ccc2C1(Br)Br. The Morgan fingerprint density at radius 1 is 1.22 bits per heavy atom. The third kappa shape index (κ3) is 1.76. The highest BCUT2D eigenvalue weighted by molar-refractivity contribution is 9.25. The van der Waals surface area contributed by atoms with E-state index in [1.54, 1.807) is 12.4 Å². The number of amides is 1. The lowest BCUT2D eigenvalue weighted by Crippen LogP contribution is -2.20. The maximum Gasteiger partial charge on any atom is 0.258 e. The number of halogens is 2. The Hall–Kier alpha value is -1.27. The summed E-state index contributed by atoms with van der Waals surface area (Å²) in [6, 6.07) is 7.51. The molecule has 0 unspecified atom stereocenters. The lowest BCUT2D eigenvalue weighted by Gasteiger charge is -2.10. The molecule has 2 aromatic rings. The van der Waals surface area contributed by atoms with Gasteiger partial charge in [0.05, 0.1) is 5.69 Å². The molecule has 3 heterocycles. The molecule has 0 bridgehead atoms. The number of alkyl halides is 2. The number of nitrogens with zero attached hydrogens (tertiary/aromatic N) is 2. The van der Waals surface area contributed by atoms with Gasteiger partial charge in [0, 0.05) is 23.5 Å². The molecule has 0 aromatic carbocycles. The number of hydrogen-bond donors (Lipinski definition) is 1. The zero-order valence-electron chi connectivity index (χ0n) is 9.02. The van der Waals surface area contributed by atoms with Gasteiger partial charge in [0.1, 0.15) is 5.82 Å². The zero-order chi connectivity index (χ0) is 12.8. The van der Waals surface area contributed by atoms with Gasteiger partial charge in [-0.15, -0.1) is 0 Å². The van der Waals surface area contributed by atoms with Crippen LogP contribution in [0.1, 0.15) is 5.56 Å². The molecule has 1 aliphatic heterocycles. The van der Waals surface area contributed by atoms with E-state index >= 15 is 0 Å². The zero-order valence-corrected chi connectivity index (χ0v) is 12.2. The Labute approximate surface area is 120 Å². The number of nitrogens with one attached hydrogen (secondary N) is 1. The maximum absolute atomic E-state index is 11.7. The Bertz CT molecular complexity index is 628. The third-order valence-electron chi connectivity index (χ3n) is 2.71. The van der Waals surface area contributed by atoms with Crippen LogP contribution in [0.25, 0.3) is 11.3 Å². The van der Waals surface area contributed by atoms with Crippen LogP contribution in [0.2, 0.25) is 0 Å². The summed E-state index contributed by atoms with van der Waals surface area (Å²) >= 11 is 6.68. The number of hydrogen-bond acceptors (Lipinski definition) is 3. The number of rotatable bonds is 1. The molecule has 1 amide bonds. The van der Waals surface area contributed by atoms with Crippen LogP contribution in [0, 0.1) is 0 Å². The summed E-state index contributed by atoms with van der Waals surface area (Å²) in [5, 5.41) is 2.73. The summed E-state index contributed by atoms with van der Waals surface area (Å²) < 4.78 is -0.879. The summed E-state index contributed by atoms with van der Waals surface area (Å²) in [4.78, 5) is 20.2. The van der Waals surface area contributed by atoms with Crippen molar-refractivity contribution in [3.8, 4) is 11.3 Å². The molecule has 0 aliphatic carbocycles. The Kier molecular flexibility index (Phi) is 2.71. The van der Waals surface area contributed by atoms with Crippen LogP contribution < -0.4 is 5.32 Å². The van der Waals surface area contributed by atoms with E-state index in [4.69, 9.17) is 0 Å². The Balaban J connectivity index is 2.10. The predicted molar refractivity (Wildman–Crippen MR) is 75.6 cm³/mol. The number of aromatic nitrogens is 2. The molecule has 0 radical (unpaired) electrons. The van der Waals surface area contributed by atoms with Gasteiger partial charge in [0.15, 0.2) is 3.23 Å². The quantitative estimate of drug-likeness (QED) is 0.787. The van der Waals surface area contributed by atoms with Gasteiger partial charge in [-0.1, -0.05) is 37.9 Å². The molecule has 1 aliphatic rings. The molecule has 6 heteroatoms. The van der Waals surface area contributed by atoms with E-state index in [0.717, 1.165) is 16.8 Å². The summed E-state index contributed by atoms with van der Waals surface area (Å²) in [5.74, 6) is 0.392. The highest BCUT2D eigenvalue weighted by Crippen LogP contribution is 2.47. The van der Waals surface area contributed by atoms with Crippen molar-refractivity contribution in [1.29, 1.82) is 0 Å². The third-order valence-corrected chi connectivity index (χ3v) is 4.28.